The Labute approximate surface area is 130 Å². The third-order valence-electron chi connectivity index (χ3n) is 3.81. The van der Waals surface area contributed by atoms with Crippen molar-refractivity contribution >= 4 is 17.5 Å². The average Bonchev–Trinajstić information content (AvgIpc) is 3.30. The van der Waals surface area contributed by atoms with E-state index in [1.807, 2.05) is 42.5 Å². The van der Waals surface area contributed by atoms with E-state index in [0.717, 1.165) is 24.0 Å². The number of amides is 1. The first-order chi connectivity index (χ1) is 10.2. The molecule has 1 fully saturated rings. The smallest absolute Gasteiger partial charge is 0.221 e. The van der Waals surface area contributed by atoms with Crippen molar-refractivity contribution < 1.29 is 4.79 Å². The van der Waals surface area contributed by atoms with Gasteiger partial charge in [0, 0.05) is 23.4 Å². The van der Waals surface area contributed by atoms with Crippen LogP contribution in [-0.2, 0) is 4.79 Å². The van der Waals surface area contributed by atoms with Gasteiger partial charge >= 0.3 is 0 Å². The van der Waals surface area contributed by atoms with Crippen LogP contribution in [0.3, 0.4) is 0 Å². The fraction of sp³-hybridized carbons (Fsp3) is 0.278. The van der Waals surface area contributed by atoms with E-state index >= 15 is 0 Å². The van der Waals surface area contributed by atoms with Gasteiger partial charge in [-0.25, -0.2) is 0 Å². The maximum atomic E-state index is 12.2. The molecule has 1 amide bonds. The summed E-state index contributed by atoms with van der Waals surface area (Å²) in [4.78, 5) is 12.2. The van der Waals surface area contributed by atoms with Crippen molar-refractivity contribution in [3.63, 3.8) is 0 Å². The molecule has 1 aliphatic carbocycles. The second kappa shape index (κ2) is 6.31. The van der Waals surface area contributed by atoms with Crippen LogP contribution in [0.1, 0.15) is 36.3 Å². The van der Waals surface area contributed by atoms with Crippen molar-refractivity contribution in [2.24, 2.45) is 0 Å². The molecule has 0 saturated heterocycles. The molecule has 3 heteroatoms. The number of nitrogens with one attached hydrogen (secondary N) is 1. The zero-order chi connectivity index (χ0) is 14.7. The van der Waals surface area contributed by atoms with Crippen LogP contribution in [0.2, 0.25) is 5.02 Å². The van der Waals surface area contributed by atoms with Crippen molar-refractivity contribution in [2.45, 2.75) is 31.2 Å². The fourth-order valence-electron chi connectivity index (χ4n) is 2.55. The molecular weight excluding hydrogens is 282 g/mol. The van der Waals surface area contributed by atoms with Gasteiger partial charge in [0.15, 0.2) is 0 Å². The normalized spacial score (nSPS) is 15.5. The molecule has 2 nitrogen and oxygen atoms in total. The maximum absolute atomic E-state index is 12.2. The topological polar surface area (TPSA) is 29.1 Å². The van der Waals surface area contributed by atoms with E-state index in [9.17, 15) is 4.79 Å². The van der Waals surface area contributed by atoms with Gasteiger partial charge in [0.05, 0.1) is 0 Å². The van der Waals surface area contributed by atoms with E-state index in [1.54, 1.807) is 0 Å². The second-order valence-electron chi connectivity index (χ2n) is 5.53. The second-order valence-corrected chi connectivity index (χ2v) is 5.94. The number of benzene rings is 2. The number of hydrogen-bond acceptors (Lipinski definition) is 1. The standard InChI is InChI=1S/C18H18ClNO/c19-17-9-5-4-8-15(17)16(13-6-2-1-3-7-13)12-18(21)20-14-10-11-14/h1-9,14,16H,10-12H2,(H,20,21)/t16-/m1/s1. The molecule has 0 bridgehead atoms. The molecule has 1 N–H and O–H groups in total. The fourth-order valence-corrected chi connectivity index (χ4v) is 2.82. The Bertz CT molecular complexity index is 622. The first-order valence-corrected chi connectivity index (χ1v) is 7.70. The third kappa shape index (κ3) is 3.64. The first-order valence-electron chi connectivity index (χ1n) is 7.33. The van der Waals surface area contributed by atoms with Gasteiger partial charge < -0.3 is 5.32 Å². The van der Waals surface area contributed by atoms with Crippen molar-refractivity contribution in [1.29, 1.82) is 0 Å². The number of carbonyl (C=O) groups is 1. The monoisotopic (exact) mass is 299 g/mol. The van der Waals surface area contributed by atoms with Gasteiger partial charge in [-0.2, -0.15) is 0 Å². The highest BCUT2D eigenvalue weighted by Gasteiger charge is 2.26. The van der Waals surface area contributed by atoms with Gasteiger partial charge in [-0.05, 0) is 30.0 Å². The number of halogens is 1. The van der Waals surface area contributed by atoms with Crippen LogP contribution >= 0.6 is 11.6 Å². The van der Waals surface area contributed by atoms with Gasteiger partial charge in [-0.1, -0.05) is 60.1 Å². The van der Waals surface area contributed by atoms with Gasteiger partial charge in [0.1, 0.15) is 0 Å². The van der Waals surface area contributed by atoms with Crippen LogP contribution in [0.25, 0.3) is 0 Å². The highest BCUT2D eigenvalue weighted by Crippen LogP contribution is 2.33. The van der Waals surface area contributed by atoms with Crippen molar-refractivity contribution in [3.8, 4) is 0 Å². The Morgan fingerprint density at radius 1 is 1.10 bits per heavy atom. The lowest BCUT2D eigenvalue weighted by Crippen LogP contribution is -2.27. The molecule has 0 radical (unpaired) electrons. The number of rotatable bonds is 5. The van der Waals surface area contributed by atoms with E-state index < -0.39 is 0 Å². The molecule has 21 heavy (non-hydrogen) atoms. The Morgan fingerprint density at radius 2 is 1.76 bits per heavy atom. The molecule has 1 atom stereocenters. The van der Waals surface area contributed by atoms with E-state index in [0.29, 0.717) is 17.5 Å². The van der Waals surface area contributed by atoms with Crippen LogP contribution in [0, 0.1) is 0 Å². The molecule has 0 heterocycles. The molecule has 108 valence electrons. The minimum atomic E-state index is -0.00125. The number of hydrogen-bond donors (Lipinski definition) is 1. The molecule has 0 unspecified atom stereocenters. The summed E-state index contributed by atoms with van der Waals surface area (Å²) in [5.41, 5.74) is 2.13. The summed E-state index contributed by atoms with van der Waals surface area (Å²) in [5.74, 6) is 0.102. The molecular formula is C18H18ClNO. The summed E-state index contributed by atoms with van der Waals surface area (Å²) in [5, 5.41) is 3.77. The van der Waals surface area contributed by atoms with E-state index in [1.165, 1.54) is 0 Å². The molecule has 0 aliphatic heterocycles. The van der Waals surface area contributed by atoms with E-state index in [-0.39, 0.29) is 11.8 Å². The number of carbonyl (C=O) groups excluding carboxylic acids is 1. The Kier molecular flexibility index (Phi) is 4.26. The zero-order valence-electron chi connectivity index (χ0n) is 11.8. The predicted octanol–water partition coefficient (Wildman–Crippen LogP) is 4.14. The molecule has 1 saturated carbocycles. The largest absolute Gasteiger partial charge is 0.353 e. The SMILES string of the molecule is O=C(C[C@H](c1ccccc1)c1ccccc1Cl)NC1CC1. The van der Waals surface area contributed by atoms with Crippen LogP contribution in [0.5, 0.6) is 0 Å². The van der Waals surface area contributed by atoms with Crippen molar-refractivity contribution in [1.82, 2.24) is 5.32 Å². The summed E-state index contributed by atoms with van der Waals surface area (Å²) >= 11 is 6.34. The molecule has 3 rings (SSSR count). The van der Waals surface area contributed by atoms with Crippen LogP contribution in [-0.4, -0.2) is 11.9 Å². The summed E-state index contributed by atoms with van der Waals surface area (Å²) in [7, 11) is 0. The molecule has 0 aromatic heterocycles. The third-order valence-corrected chi connectivity index (χ3v) is 4.16. The Morgan fingerprint density at radius 3 is 2.43 bits per heavy atom. The molecule has 2 aromatic carbocycles. The van der Waals surface area contributed by atoms with Crippen LogP contribution in [0.15, 0.2) is 54.6 Å². The van der Waals surface area contributed by atoms with E-state index in [2.05, 4.69) is 17.4 Å². The van der Waals surface area contributed by atoms with Crippen molar-refractivity contribution in [3.05, 3.63) is 70.7 Å². The Balaban J connectivity index is 1.87. The summed E-state index contributed by atoms with van der Waals surface area (Å²) in [6.07, 6.45) is 2.64. The van der Waals surface area contributed by atoms with E-state index in [4.69, 9.17) is 11.6 Å². The van der Waals surface area contributed by atoms with Gasteiger partial charge in [0.2, 0.25) is 5.91 Å². The predicted molar refractivity (Wildman–Crippen MR) is 85.5 cm³/mol. The summed E-state index contributed by atoms with van der Waals surface area (Å²) < 4.78 is 0. The lowest BCUT2D eigenvalue weighted by molar-refractivity contribution is -0.121. The lowest BCUT2D eigenvalue weighted by Gasteiger charge is -2.19. The Hall–Kier alpha value is -1.80. The van der Waals surface area contributed by atoms with Gasteiger partial charge in [-0.15, -0.1) is 0 Å². The zero-order valence-corrected chi connectivity index (χ0v) is 12.5. The summed E-state index contributed by atoms with van der Waals surface area (Å²) in [6, 6.07) is 18.2. The van der Waals surface area contributed by atoms with Crippen LogP contribution in [0.4, 0.5) is 0 Å². The highest BCUT2D eigenvalue weighted by molar-refractivity contribution is 6.31. The molecule has 0 spiro atoms. The molecule has 2 aromatic rings. The minimum Gasteiger partial charge on any atom is -0.353 e. The first kappa shape index (κ1) is 14.2. The van der Waals surface area contributed by atoms with Gasteiger partial charge in [-0.3, -0.25) is 4.79 Å². The highest BCUT2D eigenvalue weighted by atomic mass is 35.5. The van der Waals surface area contributed by atoms with Crippen molar-refractivity contribution in [2.75, 3.05) is 0 Å². The molecule has 1 aliphatic rings. The quantitative estimate of drug-likeness (QED) is 0.883. The summed E-state index contributed by atoms with van der Waals surface area (Å²) in [6.45, 7) is 0. The van der Waals surface area contributed by atoms with Crippen LogP contribution < -0.4 is 5.32 Å². The minimum absolute atomic E-state index is 0.00125. The van der Waals surface area contributed by atoms with Gasteiger partial charge in [0.25, 0.3) is 0 Å². The lowest BCUT2D eigenvalue weighted by atomic mass is 9.88. The maximum Gasteiger partial charge on any atom is 0.221 e. The average molecular weight is 300 g/mol.